The fourth-order valence-corrected chi connectivity index (χ4v) is 3.33. The molecule has 2 amide bonds. The molecule has 1 aliphatic heterocycles. The monoisotopic (exact) mass is 366 g/mol. The van der Waals surface area contributed by atoms with Crippen LogP contribution < -0.4 is 5.32 Å². The number of carbonyl (C=O) groups excluding carboxylic acids is 3. The maximum atomic E-state index is 12.0. The number of amides is 2. The lowest BCUT2D eigenvalue weighted by molar-refractivity contribution is -0.126. The Balaban J connectivity index is 1.74. The molecule has 2 rings (SSSR count). The van der Waals surface area contributed by atoms with Crippen LogP contribution >= 0.6 is 24.0 Å². The van der Waals surface area contributed by atoms with Gasteiger partial charge in [0.15, 0.2) is 6.61 Å². The van der Waals surface area contributed by atoms with Crippen LogP contribution in [0, 0.1) is 13.8 Å². The highest BCUT2D eigenvalue weighted by Gasteiger charge is 2.25. The van der Waals surface area contributed by atoms with Crippen LogP contribution in [0.5, 0.6) is 0 Å². The van der Waals surface area contributed by atoms with Gasteiger partial charge >= 0.3 is 5.97 Å². The first-order chi connectivity index (χ1) is 11.4. The zero-order valence-corrected chi connectivity index (χ0v) is 15.1. The number of benzene rings is 1. The molecule has 8 heteroatoms. The summed E-state index contributed by atoms with van der Waals surface area (Å²) < 4.78 is 5.54. The fraction of sp³-hybridized carbons (Fsp3) is 0.375. The van der Waals surface area contributed by atoms with E-state index in [0.717, 1.165) is 11.1 Å². The molecule has 0 radical (unpaired) electrons. The molecule has 1 aromatic rings. The van der Waals surface area contributed by atoms with Crippen LogP contribution in [0.15, 0.2) is 18.2 Å². The van der Waals surface area contributed by atoms with Crippen LogP contribution in [0.4, 0.5) is 0 Å². The van der Waals surface area contributed by atoms with Gasteiger partial charge in [-0.3, -0.25) is 14.5 Å². The molecule has 1 N–H and O–H groups in total. The van der Waals surface area contributed by atoms with Crippen molar-refractivity contribution in [3.8, 4) is 0 Å². The van der Waals surface area contributed by atoms with E-state index in [1.807, 2.05) is 26.0 Å². The molecule has 1 fully saturated rings. The van der Waals surface area contributed by atoms with Gasteiger partial charge in [0.25, 0.3) is 5.91 Å². The van der Waals surface area contributed by atoms with E-state index >= 15 is 0 Å². The zero-order valence-electron chi connectivity index (χ0n) is 13.5. The first-order valence-corrected chi connectivity index (χ1v) is 8.76. The molecular weight excluding hydrogens is 348 g/mol. The highest BCUT2D eigenvalue weighted by molar-refractivity contribution is 8.23. The molecular formula is C16H18N2O4S2. The Bertz CT molecular complexity index is 675. The first-order valence-electron chi connectivity index (χ1n) is 7.36. The number of nitrogens with zero attached hydrogens (tertiary/aromatic N) is 1. The number of hydrogen-bond acceptors (Lipinski definition) is 6. The number of thioether (sulfide) groups is 1. The van der Waals surface area contributed by atoms with E-state index < -0.39 is 11.9 Å². The molecule has 0 aliphatic carbocycles. The lowest BCUT2D eigenvalue weighted by Gasteiger charge is -2.15. The Kier molecular flexibility index (Phi) is 6.33. The molecule has 1 saturated heterocycles. The third-order valence-corrected chi connectivity index (χ3v) is 4.87. The molecule has 0 aromatic heterocycles. The van der Waals surface area contributed by atoms with Crippen molar-refractivity contribution >= 4 is 46.1 Å². The van der Waals surface area contributed by atoms with Gasteiger partial charge in [-0.2, -0.15) is 0 Å². The third-order valence-electron chi connectivity index (χ3n) is 3.43. The second-order valence-corrected chi connectivity index (χ2v) is 6.95. The summed E-state index contributed by atoms with van der Waals surface area (Å²) in [5.41, 5.74) is 2.30. The van der Waals surface area contributed by atoms with E-state index in [0.29, 0.717) is 22.2 Å². The van der Waals surface area contributed by atoms with Gasteiger partial charge in [-0.1, -0.05) is 41.7 Å². The van der Waals surface area contributed by atoms with Crippen molar-refractivity contribution in [3.05, 3.63) is 34.9 Å². The number of ether oxygens (including phenoxy) is 1. The summed E-state index contributed by atoms with van der Waals surface area (Å²) in [6.45, 7) is 3.97. The highest BCUT2D eigenvalue weighted by atomic mass is 32.2. The smallest absolute Gasteiger partial charge is 0.338 e. The molecule has 1 aliphatic rings. The third kappa shape index (κ3) is 4.78. The molecule has 0 atom stereocenters. The Morgan fingerprint density at radius 2 is 2.12 bits per heavy atom. The molecule has 0 bridgehead atoms. The lowest BCUT2D eigenvalue weighted by atomic mass is 10.1. The molecule has 24 heavy (non-hydrogen) atoms. The van der Waals surface area contributed by atoms with Crippen molar-refractivity contribution in [2.24, 2.45) is 0 Å². The van der Waals surface area contributed by atoms with Gasteiger partial charge in [0.2, 0.25) is 5.91 Å². The summed E-state index contributed by atoms with van der Waals surface area (Å²) in [7, 11) is 0. The van der Waals surface area contributed by atoms with Crippen molar-refractivity contribution in [2.45, 2.75) is 13.8 Å². The van der Waals surface area contributed by atoms with Crippen LogP contribution in [0.1, 0.15) is 21.5 Å². The van der Waals surface area contributed by atoms with Gasteiger partial charge < -0.3 is 10.1 Å². The minimum absolute atomic E-state index is 0.0551. The lowest BCUT2D eigenvalue weighted by Crippen LogP contribution is -2.38. The van der Waals surface area contributed by atoms with Crippen molar-refractivity contribution in [1.29, 1.82) is 0 Å². The molecule has 1 heterocycles. The summed E-state index contributed by atoms with van der Waals surface area (Å²) >= 11 is 6.36. The standard InChI is InChI=1S/C16H18N2O4S2/c1-10-3-4-12(11(2)7-10)15(21)22-8-13(19)17-5-6-18-14(20)9-24-16(18)23/h3-4,7H,5-6,8-9H2,1-2H3,(H,17,19). The largest absolute Gasteiger partial charge is 0.452 e. The highest BCUT2D eigenvalue weighted by Crippen LogP contribution is 2.18. The van der Waals surface area contributed by atoms with Gasteiger partial charge in [-0.15, -0.1) is 0 Å². The first kappa shape index (κ1) is 18.4. The van der Waals surface area contributed by atoms with Gasteiger partial charge in [0, 0.05) is 13.1 Å². The van der Waals surface area contributed by atoms with Crippen molar-refractivity contribution in [2.75, 3.05) is 25.4 Å². The Morgan fingerprint density at radius 1 is 1.38 bits per heavy atom. The normalized spacial score (nSPS) is 14.0. The second kappa shape index (κ2) is 8.25. The van der Waals surface area contributed by atoms with Crippen LogP contribution in [0.25, 0.3) is 0 Å². The second-order valence-electron chi connectivity index (χ2n) is 5.34. The Labute approximate surface area is 149 Å². The minimum Gasteiger partial charge on any atom is -0.452 e. The average molecular weight is 366 g/mol. The summed E-state index contributed by atoms with van der Waals surface area (Å²) in [4.78, 5) is 36.7. The Hall–Kier alpha value is -1.93. The van der Waals surface area contributed by atoms with Crippen LogP contribution in [0.2, 0.25) is 0 Å². The van der Waals surface area contributed by atoms with Gasteiger partial charge in [-0.25, -0.2) is 4.79 Å². The molecule has 128 valence electrons. The molecule has 0 unspecified atom stereocenters. The van der Waals surface area contributed by atoms with Crippen LogP contribution in [-0.2, 0) is 14.3 Å². The zero-order chi connectivity index (χ0) is 17.7. The summed E-state index contributed by atoms with van der Waals surface area (Å²) in [6.07, 6.45) is 0. The van der Waals surface area contributed by atoms with Gasteiger partial charge in [-0.05, 0) is 25.5 Å². The number of rotatable bonds is 6. The van der Waals surface area contributed by atoms with E-state index in [1.54, 1.807) is 6.07 Å². The molecule has 1 aromatic carbocycles. The van der Waals surface area contributed by atoms with E-state index in [2.05, 4.69) is 5.32 Å². The molecule has 6 nitrogen and oxygen atoms in total. The maximum absolute atomic E-state index is 12.0. The van der Waals surface area contributed by atoms with Gasteiger partial charge in [0.1, 0.15) is 4.32 Å². The number of hydrogen-bond donors (Lipinski definition) is 1. The number of esters is 1. The topological polar surface area (TPSA) is 75.7 Å². The number of aryl methyl sites for hydroxylation is 2. The SMILES string of the molecule is Cc1ccc(C(=O)OCC(=O)NCCN2C(=O)CSC2=S)c(C)c1. The van der Waals surface area contributed by atoms with E-state index in [4.69, 9.17) is 17.0 Å². The summed E-state index contributed by atoms with van der Waals surface area (Å²) in [5, 5.41) is 2.60. The van der Waals surface area contributed by atoms with E-state index in [1.165, 1.54) is 16.7 Å². The fourth-order valence-electron chi connectivity index (χ4n) is 2.21. The molecule has 0 spiro atoms. The quantitative estimate of drug-likeness (QED) is 0.606. The van der Waals surface area contributed by atoms with E-state index in [9.17, 15) is 14.4 Å². The van der Waals surface area contributed by atoms with Crippen molar-refractivity contribution in [3.63, 3.8) is 0 Å². The number of nitrogens with one attached hydrogen (secondary N) is 1. The number of carbonyl (C=O) groups is 3. The van der Waals surface area contributed by atoms with Crippen LogP contribution in [0.3, 0.4) is 0 Å². The van der Waals surface area contributed by atoms with Crippen LogP contribution in [-0.4, -0.2) is 52.5 Å². The summed E-state index contributed by atoms with van der Waals surface area (Å²) in [6, 6.07) is 5.38. The van der Waals surface area contributed by atoms with Crippen molar-refractivity contribution < 1.29 is 19.1 Å². The van der Waals surface area contributed by atoms with E-state index in [-0.39, 0.29) is 19.1 Å². The maximum Gasteiger partial charge on any atom is 0.338 e. The predicted octanol–water partition coefficient (Wildman–Crippen LogP) is 1.44. The Morgan fingerprint density at radius 3 is 2.75 bits per heavy atom. The average Bonchev–Trinajstić information content (AvgIpc) is 2.84. The van der Waals surface area contributed by atoms with Gasteiger partial charge in [0.05, 0.1) is 11.3 Å². The minimum atomic E-state index is -0.532. The van der Waals surface area contributed by atoms with Crippen molar-refractivity contribution in [1.82, 2.24) is 10.2 Å². The molecule has 0 saturated carbocycles. The number of thiocarbonyl (C=S) groups is 1. The summed E-state index contributed by atoms with van der Waals surface area (Å²) in [5.74, 6) is -0.658. The predicted molar refractivity (Wildman–Crippen MR) is 96.0 cm³/mol.